The molecule has 0 amide bonds. The molecule has 1 fully saturated rings. The maximum Gasteiger partial charge on any atom is 0.359 e. The molecule has 2 aromatic rings. The Hall–Kier alpha value is -2.19. The molecule has 3 heterocycles. The lowest BCUT2D eigenvalue weighted by molar-refractivity contribution is 0.0512. The molecule has 0 atom stereocenters. The normalized spacial score (nSPS) is 18.8. The van der Waals surface area contributed by atoms with Crippen LogP contribution in [0.4, 0.5) is 0 Å². The van der Waals surface area contributed by atoms with E-state index in [9.17, 15) is 13.2 Å². The molecule has 0 saturated carbocycles. The largest absolute Gasteiger partial charge is 0.461 e. The highest BCUT2D eigenvalue weighted by molar-refractivity contribution is 7.90. The minimum atomic E-state index is -3.53. The zero-order valence-electron chi connectivity index (χ0n) is 14.5. The molecule has 2 aliphatic rings. The average molecular weight is 376 g/mol. The van der Waals surface area contributed by atoms with Crippen LogP contribution in [-0.2, 0) is 25.1 Å². The summed E-state index contributed by atoms with van der Waals surface area (Å²) in [5, 5.41) is 4.52. The molecule has 8 heteroatoms. The van der Waals surface area contributed by atoms with Gasteiger partial charge in [0, 0.05) is 24.3 Å². The lowest BCUT2D eigenvalue weighted by Gasteiger charge is -2.26. The van der Waals surface area contributed by atoms with Crippen molar-refractivity contribution >= 4 is 15.8 Å². The first-order chi connectivity index (χ1) is 12.5. The van der Waals surface area contributed by atoms with Gasteiger partial charge in [0.15, 0.2) is 15.5 Å². The SMILES string of the molecule is CCOC(=O)c1nn(C2CCOCC2)c2c1CS(=O)(=O)c1ccccc1-2. The second-order valence-electron chi connectivity index (χ2n) is 6.44. The zero-order chi connectivity index (χ0) is 18.3. The molecule has 0 bridgehead atoms. The van der Waals surface area contributed by atoms with Crippen LogP contribution in [0, 0.1) is 0 Å². The Morgan fingerprint density at radius 2 is 2.04 bits per heavy atom. The van der Waals surface area contributed by atoms with Crippen molar-refractivity contribution in [2.75, 3.05) is 19.8 Å². The van der Waals surface area contributed by atoms with Gasteiger partial charge in [-0.3, -0.25) is 4.68 Å². The van der Waals surface area contributed by atoms with Crippen LogP contribution < -0.4 is 0 Å². The molecule has 4 rings (SSSR count). The Morgan fingerprint density at radius 1 is 1.31 bits per heavy atom. The van der Waals surface area contributed by atoms with Gasteiger partial charge in [-0.2, -0.15) is 5.10 Å². The minimum absolute atomic E-state index is 0.0644. The van der Waals surface area contributed by atoms with Gasteiger partial charge in [-0.1, -0.05) is 18.2 Å². The first-order valence-electron chi connectivity index (χ1n) is 8.71. The first-order valence-corrected chi connectivity index (χ1v) is 10.4. The summed E-state index contributed by atoms with van der Waals surface area (Å²) in [4.78, 5) is 12.7. The fraction of sp³-hybridized carbons (Fsp3) is 0.444. The number of ether oxygens (including phenoxy) is 2. The van der Waals surface area contributed by atoms with Crippen LogP contribution in [0.25, 0.3) is 11.3 Å². The topological polar surface area (TPSA) is 87.5 Å². The maximum atomic E-state index is 12.7. The number of benzene rings is 1. The third kappa shape index (κ3) is 2.73. The predicted octanol–water partition coefficient (Wildman–Crippen LogP) is 2.37. The first kappa shape index (κ1) is 17.2. The van der Waals surface area contributed by atoms with Crippen molar-refractivity contribution in [1.82, 2.24) is 9.78 Å². The highest BCUT2D eigenvalue weighted by atomic mass is 32.2. The summed E-state index contributed by atoms with van der Waals surface area (Å²) >= 11 is 0. The van der Waals surface area contributed by atoms with Gasteiger partial charge in [-0.25, -0.2) is 13.2 Å². The van der Waals surface area contributed by atoms with E-state index in [1.165, 1.54) is 0 Å². The molecule has 1 aromatic carbocycles. The third-order valence-corrected chi connectivity index (χ3v) is 6.52. The summed E-state index contributed by atoms with van der Waals surface area (Å²) in [6.45, 7) is 3.16. The Balaban J connectivity index is 1.95. The summed E-state index contributed by atoms with van der Waals surface area (Å²) in [7, 11) is -3.53. The molecule has 0 radical (unpaired) electrons. The number of hydrogen-bond acceptors (Lipinski definition) is 6. The van der Waals surface area contributed by atoms with Crippen molar-refractivity contribution in [3.8, 4) is 11.3 Å². The number of rotatable bonds is 3. The molecular formula is C18H20N2O5S. The average Bonchev–Trinajstić information content (AvgIpc) is 3.01. The quantitative estimate of drug-likeness (QED) is 0.764. The van der Waals surface area contributed by atoms with Crippen molar-refractivity contribution in [1.29, 1.82) is 0 Å². The molecule has 0 N–H and O–H groups in total. The molecule has 1 aromatic heterocycles. The number of fused-ring (bicyclic) bond motifs is 3. The van der Waals surface area contributed by atoms with Gasteiger partial charge >= 0.3 is 5.97 Å². The number of carbonyl (C=O) groups excluding carboxylic acids is 1. The van der Waals surface area contributed by atoms with Crippen LogP contribution in [0.5, 0.6) is 0 Å². The van der Waals surface area contributed by atoms with Gasteiger partial charge in [-0.15, -0.1) is 0 Å². The zero-order valence-corrected chi connectivity index (χ0v) is 15.3. The standard InChI is InChI=1S/C18H20N2O5S/c1-2-25-18(21)16-14-11-26(22,23)15-6-4-3-5-13(15)17(14)20(19-16)12-7-9-24-10-8-12/h3-6,12H,2,7-11H2,1H3. The van der Waals surface area contributed by atoms with Crippen LogP contribution >= 0.6 is 0 Å². The van der Waals surface area contributed by atoms with Crippen LogP contribution in [0.1, 0.15) is 41.9 Å². The van der Waals surface area contributed by atoms with E-state index in [-0.39, 0.29) is 29.0 Å². The van der Waals surface area contributed by atoms with Gasteiger partial charge < -0.3 is 9.47 Å². The number of nitrogens with zero attached hydrogens (tertiary/aromatic N) is 2. The Labute approximate surface area is 151 Å². The van der Waals surface area contributed by atoms with Gasteiger partial charge in [0.2, 0.25) is 0 Å². The predicted molar refractivity (Wildman–Crippen MR) is 93.6 cm³/mol. The van der Waals surface area contributed by atoms with E-state index in [1.807, 2.05) is 4.68 Å². The second-order valence-corrected chi connectivity index (χ2v) is 8.40. The lowest BCUT2D eigenvalue weighted by Crippen LogP contribution is -2.22. The minimum Gasteiger partial charge on any atom is -0.461 e. The maximum absolute atomic E-state index is 12.7. The van der Waals surface area contributed by atoms with E-state index in [1.54, 1.807) is 31.2 Å². The summed E-state index contributed by atoms with van der Waals surface area (Å²) in [6.07, 6.45) is 1.54. The van der Waals surface area contributed by atoms with E-state index >= 15 is 0 Å². The van der Waals surface area contributed by atoms with Crippen molar-refractivity contribution in [2.45, 2.75) is 36.5 Å². The summed E-state index contributed by atoms with van der Waals surface area (Å²) in [5.74, 6) is -0.819. The van der Waals surface area contributed by atoms with E-state index in [4.69, 9.17) is 9.47 Å². The fourth-order valence-electron chi connectivity index (χ4n) is 3.65. The Bertz CT molecular complexity index is 958. The fourth-order valence-corrected chi connectivity index (χ4v) is 5.24. The molecule has 0 aliphatic carbocycles. The molecule has 1 saturated heterocycles. The number of aromatic nitrogens is 2. The summed E-state index contributed by atoms with van der Waals surface area (Å²) < 4.78 is 37.9. The van der Waals surface area contributed by atoms with Crippen molar-refractivity contribution in [3.05, 3.63) is 35.5 Å². The van der Waals surface area contributed by atoms with Crippen molar-refractivity contribution < 1.29 is 22.7 Å². The van der Waals surface area contributed by atoms with Crippen LogP contribution in [0.3, 0.4) is 0 Å². The highest BCUT2D eigenvalue weighted by Gasteiger charge is 2.37. The van der Waals surface area contributed by atoms with Gasteiger partial charge in [-0.05, 0) is 25.8 Å². The Morgan fingerprint density at radius 3 is 2.77 bits per heavy atom. The smallest absolute Gasteiger partial charge is 0.359 e. The van der Waals surface area contributed by atoms with E-state index in [0.29, 0.717) is 30.0 Å². The van der Waals surface area contributed by atoms with Crippen molar-refractivity contribution in [3.63, 3.8) is 0 Å². The van der Waals surface area contributed by atoms with Crippen LogP contribution in [0.15, 0.2) is 29.2 Å². The number of esters is 1. The number of hydrogen-bond donors (Lipinski definition) is 0. The van der Waals surface area contributed by atoms with Gasteiger partial charge in [0.1, 0.15) is 0 Å². The lowest BCUT2D eigenvalue weighted by atomic mass is 10.0. The van der Waals surface area contributed by atoms with Gasteiger partial charge in [0.05, 0.1) is 29.0 Å². The van der Waals surface area contributed by atoms with Crippen LogP contribution in [-0.4, -0.2) is 44.0 Å². The number of sulfone groups is 1. The Kier molecular flexibility index (Phi) is 4.32. The molecule has 0 spiro atoms. The number of carbonyl (C=O) groups is 1. The molecule has 138 valence electrons. The van der Waals surface area contributed by atoms with Crippen LogP contribution in [0.2, 0.25) is 0 Å². The van der Waals surface area contributed by atoms with E-state index in [2.05, 4.69) is 5.10 Å². The highest BCUT2D eigenvalue weighted by Crippen LogP contribution is 2.41. The molecule has 26 heavy (non-hydrogen) atoms. The van der Waals surface area contributed by atoms with E-state index in [0.717, 1.165) is 12.8 Å². The van der Waals surface area contributed by atoms with Gasteiger partial charge in [0.25, 0.3) is 0 Å². The monoisotopic (exact) mass is 376 g/mol. The second kappa shape index (κ2) is 6.51. The molecular weight excluding hydrogens is 356 g/mol. The third-order valence-electron chi connectivity index (χ3n) is 4.83. The molecule has 2 aliphatic heterocycles. The molecule has 7 nitrogen and oxygen atoms in total. The van der Waals surface area contributed by atoms with Crippen molar-refractivity contribution in [2.24, 2.45) is 0 Å². The van der Waals surface area contributed by atoms with E-state index < -0.39 is 15.8 Å². The molecule has 0 unspecified atom stereocenters. The summed E-state index contributed by atoms with van der Waals surface area (Å²) in [6, 6.07) is 6.96. The summed E-state index contributed by atoms with van der Waals surface area (Å²) in [5.41, 5.74) is 1.86.